The second-order valence-electron chi connectivity index (χ2n) is 6.42. The van der Waals surface area contributed by atoms with Crippen LogP contribution in [0.2, 0.25) is 0 Å². The minimum atomic E-state index is -0.481. The van der Waals surface area contributed by atoms with Gasteiger partial charge in [0, 0.05) is 13.0 Å². The first kappa shape index (κ1) is 19.5. The Balaban J connectivity index is 2.22. The van der Waals surface area contributed by atoms with Crippen molar-refractivity contribution in [2.75, 3.05) is 6.61 Å². The number of primary amides is 1. The van der Waals surface area contributed by atoms with Crippen molar-refractivity contribution in [2.24, 2.45) is 5.73 Å². The molecule has 0 aliphatic carbocycles. The van der Waals surface area contributed by atoms with Crippen molar-refractivity contribution in [1.82, 2.24) is 5.32 Å². The number of nitrogens with one attached hydrogen (secondary N) is 1. The van der Waals surface area contributed by atoms with Gasteiger partial charge in [-0.15, -0.1) is 0 Å². The molecule has 0 saturated carbocycles. The van der Waals surface area contributed by atoms with Crippen LogP contribution in [0.25, 0.3) is 11.1 Å². The molecule has 0 bridgehead atoms. The van der Waals surface area contributed by atoms with Crippen molar-refractivity contribution in [3.8, 4) is 16.9 Å². The predicted molar refractivity (Wildman–Crippen MR) is 103 cm³/mol. The summed E-state index contributed by atoms with van der Waals surface area (Å²) in [6, 6.07) is 13.4. The standard InChI is InChI=1S/C21H26N2O3/c1-4-11-26-18-9-10-19(20(13-18)21(22)25)17-7-5-16(6-8-17)12-14(2)23-15(3)24/h5-10,13-14H,4,11-12H2,1-3H3,(H2,22,25)(H,23,24). The Morgan fingerprint density at radius 2 is 1.85 bits per heavy atom. The smallest absolute Gasteiger partial charge is 0.249 e. The molecule has 1 unspecified atom stereocenters. The molecule has 0 aliphatic heterocycles. The highest BCUT2D eigenvalue weighted by Crippen LogP contribution is 2.28. The van der Waals surface area contributed by atoms with Gasteiger partial charge in [-0.05, 0) is 54.7 Å². The SMILES string of the molecule is CCCOc1ccc(-c2ccc(CC(C)NC(C)=O)cc2)c(C(N)=O)c1. The van der Waals surface area contributed by atoms with E-state index in [9.17, 15) is 9.59 Å². The summed E-state index contributed by atoms with van der Waals surface area (Å²) < 4.78 is 5.59. The van der Waals surface area contributed by atoms with Crippen molar-refractivity contribution >= 4 is 11.8 Å². The van der Waals surface area contributed by atoms with Crippen molar-refractivity contribution in [2.45, 2.75) is 39.7 Å². The number of benzene rings is 2. The average Bonchev–Trinajstić information content (AvgIpc) is 2.59. The molecule has 1 atom stereocenters. The first-order chi connectivity index (χ1) is 12.4. The Bertz CT molecular complexity index is 769. The zero-order valence-electron chi connectivity index (χ0n) is 15.5. The first-order valence-electron chi connectivity index (χ1n) is 8.83. The fourth-order valence-corrected chi connectivity index (χ4v) is 2.86. The normalized spacial score (nSPS) is 11.7. The molecule has 3 N–H and O–H groups in total. The van der Waals surface area contributed by atoms with E-state index >= 15 is 0 Å². The molecule has 0 fully saturated rings. The zero-order valence-corrected chi connectivity index (χ0v) is 15.5. The third-order valence-electron chi connectivity index (χ3n) is 3.99. The number of hydrogen-bond donors (Lipinski definition) is 2. The van der Waals surface area contributed by atoms with E-state index in [-0.39, 0.29) is 11.9 Å². The summed E-state index contributed by atoms with van der Waals surface area (Å²) in [5, 5.41) is 2.87. The lowest BCUT2D eigenvalue weighted by Crippen LogP contribution is -2.31. The minimum Gasteiger partial charge on any atom is -0.494 e. The van der Waals surface area contributed by atoms with Gasteiger partial charge in [0.15, 0.2) is 0 Å². The molecule has 2 aromatic carbocycles. The highest BCUT2D eigenvalue weighted by Gasteiger charge is 2.12. The third-order valence-corrected chi connectivity index (χ3v) is 3.99. The second-order valence-corrected chi connectivity index (χ2v) is 6.42. The maximum absolute atomic E-state index is 11.9. The summed E-state index contributed by atoms with van der Waals surface area (Å²) in [6.07, 6.45) is 1.64. The molecule has 0 spiro atoms. The molecule has 0 aromatic heterocycles. The third kappa shape index (κ3) is 5.34. The molecule has 26 heavy (non-hydrogen) atoms. The van der Waals surface area contributed by atoms with Gasteiger partial charge in [0.1, 0.15) is 5.75 Å². The van der Waals surface area contributed by atoms with Crippen LogP contribution >= 0.6 is 0 Å². The van der Waals surface area contributed by atoms with E-state index in [1.54, 1.807) is 6.07 Å². The van der Waals surface area contributed by atoms with Gasteiger partial charge in [0.25, 0.3) is 0 Å². The van der Waals surface area contributed by atoms with Crippen molar-refractivity contribution in [3.63, 3.8) is 0 Å². The summed E-state index contributed by atoms with van der Waals surface area (Å²) in [5.41, 5.74) is 8.80. The molecule has 2 rings (SSSR count). The quantitative estimate of drug-likeness (QED) is 0.763. The summed E-state index contributed by atoms with van der Waals surface area (Å²) >= 11 is 0. The van der Waals surface area contributed by atoms with Gasteiger partial charge in [0.05, 0.1) is 12.2 Å². The summed E-state index contributed by atoms with van der Waals surface area (Å²) in [4.78, 5) is 23.0. The number of nitrogens with two attached hydrogens (primary N) is 1. The van der Waals surface area contributed by atoms with Crippen molar-refractivity contribution < 1.29 is 14.3 Å². The van der Waals surface area contributed by atoms with Crippen LogP contribution in [0, 0.1) is 0 Å². The van der Waals surface area contributed by atoms with Crippen LogP contribution in [0.3, 0.4) is 0 Å². The van der Waals surface area contributed by atoms with Gasteiger partial charge in [-0.3, -0.25) is 9.59 Å². The molecule has 0 saturated heterocycles. The number of carbonyl (C=O) groups is 2. The number of carbonyl (C=O) groups excluding carboxylic acids is 2. The number of hydrogen-bond acceptors (Lipinski definition) is 3. The van der Waals surface area contributed by atoms with Crippen LogP contribution in [-0.2, 0) is 11.2 Å². The van der Waals surface area contributed by atoms with Crippen molar-refractivity contribution in [3.05, 3.63) is 53.6 Å². The van der Waals surface area contributed by atoms with Crippen LogP contribution in [0.5, 0.6) is 5.75 Å². The van der Waals surface area contributed by atoms with E-state index in [2.05, 4.69) is 5.32 Å². The molecular weight excluding hydrogens is 328 g/mol. The molecule has 138 valence electrons. The predicted octanol–water partition coefficient (Wildman–Crippen LogP) is 3.31. The fourth-order valence-electron chi connectivity index (χ4n) is 2.86. The van der Waals surface area contributed by atoms with Gasteiger partial charge in [-0.25, -0.2) is 0 Å². The Kier molecular flexibility index (Phi) is 6.78. The molecule has 5 nitrogen and oxygen atoms in total. The van der Waals surface area contributed by atoms with Gasteiger partial charge < -0.3 is 15.8 Å². The number of amides is 2. The van der Waals surface area contributed by atoms with Crippen LogP contribution in [0.4, 0.5) is 0 Å². The molecule has 2 aromatic rings. The van der Waals surface area contributed by atoms with E-state index in [4.69, 9.17) is 10.5 Å². The Morgan fingerprint density at radius 3 is 2.42 bits per heavy atom. The Hall–Kier alpha value is -2.82. The monoisotopic (exact) mass is 354 g/mol. The molecule has 0 radical (unpaired) electrons. The zero-order chi connectivity index (χ0) is 19.1. The molecule has 0 aliphatic rings. The molecular formula is C21H26N2O3. The largest absolute Gasteiger partial charge is 0.494 e. The summed E-state index contributed by atoms with van der Waals surface area (Å²) in [5.74, 6) is 0.126. The lowest BCUT2D eigenvalue weighted by atomic mass is 9.97. The van der Waals surface area contributed by atoms with E-state index in [0.29, 0.717) is 17.9 Å². The van der Waals surface area contributed by atoms with Crippen LogP contribution in [0.15, 0.2) is 42.5 Å². The lowest BCUT2D eigenvalue weighted by molar-refractivity contribution is -0.119. The van der Waals surface area contributed by atoms with Gasteiger partial charge >= 0.3 is 0 Å². The Labute approximate surface area is 154 Å². The highest BCUT2D eigenvalue weighted by molar-refractivity contribution is 6.00. The van der Waals surface area contributed by atoms with E-state index in [1.807, 2.05) is 50.2 Å². The minimum absolute atomic E-state index is 0.0365. The van der Waals surface area contributed by atoms with Crippen LogP contribution < -0.4 is 15.8 Å². The molecule has 2 amide bonds. The highest BCUT2D eigenvalue weighted by atomic mass is 16.5. The van der Waals surface area contributed by atoms with Crippen LogP contribution in [-0.4, -0.2) is 24.5 Å². The van der Waals surface area contributed by atoms with E-state index in [1.165, 1.54) is 6.92 Å². The molecule has 0 heterocycles. The second kappa shape index (κ2) is 9.04. The maximum Gasteiger partial charge on any atom is 0.249 e. The van der Waals surface area contributed by atoms with Crippen molar-refractivity contribution in [1.29, 1.82) is 0 Å². The Morgan fingerprint density at radius 1 is 1.15 bits per heavy atom. The van der Waals surface area contributed by atoms with E-state index in [0.717, 1.165) is 29.5 Å². The fraction of sp³-hybridized carbons (Fsp3) is 0.333. The summed E-state index contributed by atoms with van der Waals surface area (Å²) in [7, 11) is 0. The number of rotatable bonds is 8. The van der Waals surface area contributed by atoms with Gasteiger partial charge in [0.2, 0.25) is 11.8 Å². The van der Waals surface area contributed by atoms with Gasteiger partial charge in [-0.2, -0.15) is 0 Å². The lowest BCUT2D eigenvalue weighted by Gasteiger charge is -2.14. The first-order valence-corrected chi connectivity index (χ1v) is 8.83. The summed E-state index contributed by atoms with van der Waals surface area (Å²) in [6.45, 7) is 6.10. The topological polar surface area (TPSA) is 81.4 Å². The average molecular weight is 354 g/mol. The maximum atomic E-state index is 11.9. The molecule has 5 heteroatoms. The van der Waals surface area contributed by atoms with Gasteiger partial charge in [-0.1, -0.05) is 31.2 Å². The number of ether oxygens (including phenoxy) is 1. The van der Waals surface area contributed by atoms with Crippen LogP contribution in [0.1, 0.15) is 43.1 Å². The van der Waals surface area contributed by atoms with E-state index < -0.39 is 5.91 Å².